The van der Waals surface area contributed by atoms with Crippen LogP contribution in [0, 0.1) is 0 Å². The van der Waals surface area contributed by atoms with Crippen molar-refractivity contribution in [1.29, 1.82) is 0 Å². The minimum atomic E-state index is 0.0871. The number of amides is 1. The lowest BCUT2D eigenvalue weighted by atomic mass is 10.3. The number of nitrogens with zero attached hydrogens (tertiary/aromatic N) is 1. The van der Waals surface area contributed by atoms with Gasteiger partial charge < -0.3 is 15.5 Å². The molecule has 0 spiro atoms. The number of hydrogen-bond acceptors (Lipinski definition) is 3. The molecule has 1 amide bonds. The van der Waals surface area contributed by atoms with Crippen molar-refractivity contribution in [1.82, 2.24) is 15.5 Å². The normalized spacial score (nSPS) is 11.1. The molecule has 0 saturated carbocycles. The Bertz CT molecular complexity index is 171. The lowest BCUT2D eigenvalue weighted by Gasteiger charge is -2.20. The van der Waals surface area contributed by atoms with Crippen LogP contribution >= 0.6 is 0 Å². The maximum absolute atomic E-state index is 11.2. The number of hydrogen-bond donors (Lipinski definition) is 2. The van der Waals surface area contributed by atoms with Crippen LogP contribution in [-0.4, -0.2) is 50.1 Å². The minimum absolute atomic E-state index is 0.0871. The molecule has 0 aliphatic rings. The van der Waals surface area contributed by atoms with Gasteiger partial charge in [0.2, 0.25) is 5.91 Å². The van der Waals surface area contributed by atoms with Crippen LogP contribution < -0.4 is 10.6 Å². The number of carbonyl (C=O) groups excluding carboxylic acids is 1. The van der Waals surface area contributed by atoms with Crippen molar-refractivity contribution in [3.63, 3.8) is 0 Å². The lowest BCUT2D eigenvalue weighted by Crippen LogP contribution is -2.36. The molecule has 0 aromatic carbocycles. The van der Waals surface area contributed by atoms with Gasteiger partial charge in [-0.1, -0.05) is 6.92 Å². The Morgan fingerprint density at radius 2 is 2.07 bits per heavy atom. The van der Waals surface area contributed by atoms with Crippen LogP contribution in [0.2, 0.25) is 0 Å². The molecule has 0 aliphatic carbocycles. The Morgan fingerprint density at radius 3 is 2.60 bits per heavy atom. The molecule has 90 valence electrons. The summed E-state index contributed by atoms with van der Waals surface area (Å²) in [6.45, 7) is 9.39. The van der Waals surface area contributed by atoms with Crippen molar-refractivity contribution in [2.45, 2.75) is 33.2 Å². The van der Waals surface area contributed by atoms with Crippen LogP contribution in [0.4, 0.5) is 0 Å². The van der Waals surface area contributed by atoms with Gasteiger partial charge in [-0.25, -0.2) is 0 Å². The zero-order valence-electron chi connectivity index (χ0n) is 10.5. The predicted octanol–water partition coefficient (Wildman–Crippen LogP) is 0.442. The Hall–Kier alpha value is -0.610. The maximum Gasteiger partial charge on any atom is 0.233 e. The Labute approximate surface area is 93.4 Å². The van der Waals surface area contributed by atoms with Gasteiger partial charge in [0.05, 0.1) is 6.54 Å². The Kier molecular flexibility index (Phi) is 8.33. The zero-order chi connectivity index (χ0) is 11.7. The van der Waals surface area contributed by atoms with Crippen molar-refractivity contribution in [2.75, 3.05) is 33.2 Å². The molecule has 0 fully saturated rings. The summed E-state index contributed by atoms with van der Waals surface area (Å²) >= 11 is 0. The van der Waals surface area contributed by atoms with E-state index in [1.807, 2.05) is 6.92 Å². The second-order valence-electron chi connectivity index (χ2n) is 4.06. The van der Waals surface area contributed by atoms with Crippen LogP contribution in [-0.2, 0) is 4.79 Å². The van der Waals surface area contributed by atoms with Crippen molar-refractivity contribution >= 4 is 5.91 Å². The van der Waals surface area contributed by atoms with E-state index in [2.05, 4.69) is 36.4 Å². The van der Waals surface area contributed by atoms with Gasteiger partial charge in [0.1, 0.15) is 0 Å². The van der Waals surface area contributed by atoms with E-state index >= 15 is 0 Å². The van der Waals surface area contributed by atoms with E-state index in [4.69, 9.17) is 0 Å². The minimum Gasteiger partial charge on any atom is -0.355 e. The van der Waals surface area contributed by atoms with Gasteiger partial charge in [-0.05, 0) is 40.4 Å². The topological polar surface area (TPSA) is 44.4 Å². The first-order valence-corrected chi connectivity index (χ1v) is 5.75. The van der Waals surface area contributed by atoms with E-state index in [9.17, 15) is 4.79 Å². The zero-order valence-corrected chi connectivity index (χ0v) is 10.5. The maximum atomic E-state index is 11.2. The molecule has 0 aromatic heterocycles. The highest BCUT2D eigenvalue weighted by atomic mass is 16.1. The Balaban J connectivity index is 3.34. The second kappa shape index (κ2) is 8.68. The molecular weight excluding hydrogens is 190 g/mol. The summed E-state index contributed by atoms with van der Waals surface area (Å²) in [4.78, 5) is 13.5. The fourth-order valence-electron chi connectivity index (χ4n) is 1.12. The van der Waals surface area contributed by atoms with Crippen molar-refractivity contribution in [3.8, 4) is 0 Å². The quantitative estimate of drug-likeness (QED) is 0.578. The largest absolute Gasteiger partial charge is 0.355 e. The van der Waals surface area contributed by atoms with Gasteiger partial charge in [0, 0.05) is 12.6 Å². The third-order valence-electron chi connectivity index (χ3n) is 2.43. The highest BCUT2D eigenvalue weighted by Gasteiger charge is 2.03. The van der Waals surface area contributed by atoms with E-state index < -0.39 is 0 Å². The molecule has 0 atom stereocenters. The summed E-state index contributed by atoms with van der Waals surface area (Å²) in [6, 6.07) is 0.572. The van der Waals surface area contributed by atoms with Crippen LogP contribution in [0.5, 0.6) is 0 Å². The standard InChI is InChI=1S/C11H25N3O/c1-5-12-9-11(15)13-7-6-8-14(4)10(2)3/h10,12H,5-9H2,1-4H3,(H,13,15). The molecule has 0 bridgehead atoms. The fourth-order valence-corrected chi connectivity index (χ4v) is 1.12. The average Bonchev–Trinajstić information content (AvgIpc) is 2.20. The van der Waals surface area contributed by atoms with Crippen molar-refractivity contribution in [3.05, 3.63) is 0 Å². The molecule has 0 saturated heterocycles. The van der Waals surface area contributed by atoms with Gasteiger partial charge in [-0.3, -0.25) is 4.79 Å². The lowest BCUT2D eigenvalue weighted by molar-refractivity contribution is -0.120. The smallest absolute Gasteiger partial charge is 0.233 e. The fraction of sp³-hybridized carbons (Fsp3) is 0.909. The molecule has 15 heavy (non-hydrogen) atoms. The number of likely N-dealkylation sites (N-methyl/N-ethyl adjacent to an activating group) is 1. The summed E-state index contributed by atoms with van der Waals surface area (Å²) in [7, 11) is 2.10. The SMILES string of the molecule is CCNCC(=O)NCCCN(C)C(C)C. The van der Waals surface area contributed by atoms with Crippen molar-refractivity contribution < 1.29 is 4.79 Å². The third kappa shape index (κ3) is 8.39. The second-order valence-corrected chi connectivity index (χ2v) is 4.06. The first kappa shape index (κ1) is 14.4. The van der Waals surface area contributed by atoms with E-state index in [-0.39, 0.29) is 5.91 Å². The van der Waals surface area contributed by atoms with Crippen molar-refractivity contribution in [2.24, 2.45) is 0 Å². The van der Waals surface area contributed by atoms with Crippen LogP contribution in [0.15, 0.2) is 0 Å². The van der Waals surface area contributed by atoms with Gasteiger partial charge in [0.25, 0.3) is 0 Å². The summed E-state index contributed by atoms with van der Waals surface area (Å²) in [6.07, 6.45) is 1.01. The molecule has 4 heteroatoms. The molecule has 0 radical (unpaired) electrons. The summed E-state index contributed by atoms with van der Waals surface area (Å²) < 4.78 is 0. The molecular formula is C11H25N3O. The molecule has 0 heterocycles. The summed E-state index contributed by atoms with van der Waals surface area (Å²) in [5.41, 5.74) is 0. The van der Waals surface area contributed by atoms with E-state index in [0.29, 0.717) is 12.6 Å². The van der Waals surface area contributed by atoms with Crippen LogP contribution in [0.25, 0.3) is 0 Å². The highest BCUT2D eigenvalue weighted by molar-refractivity contribution is 5.77. The van der Waals surface area contributed by atoms with Gasteiger partial charge in [-0.15, -0.1) is 0 Å². The first-order chi connectivity index (χ1) is 7.07. The van der Waals surface area contributed by atoms with Crippen LogP contribution in [0.1, 0.15) is 27.2 Å². The third-order valence-corrected chi connectivity index (χ3v) is 2.43. The predicted molar refractivity (Wildman–Crippen MR) is 63.9 cm³/mol. The summed E-state index contributed by atoms with van der Waals surface area (Å²) in [5, 5.41) is 5.88. The molecule has 0 unspecified atom stereocenters. The molecule has 4 nitrogen and oxygen atoms in total. The number of rotatable bonds is 8. The van der Waals surface area contributed by atoms with Gasteiger partial charge in [0.15, 0.2) is 0 Å². The van der Waals surface area contributed by atoms with E-state index in [0.717, 1.165) is 26.1 Å². The van der Waals surface area contributed by atoms with E-state index in [1.54, 1.807) is 0 Å². The molecule has 2 N–H and O–H groups in total. The number of nitrogens with one attached hydrogen (secondary N) is 2. The average molecular weight is 215 g/mol. The van der Waals surface area contributed by atoms with Gasteiger partial charge >= 0.3 is 0 Å². The first-order valence-electron chi connectivity index (χ1n) is 5.75. The number of carbonyl (C=O) groups is 1. The van der Waals surface area contributed by atoms with E-state index in [1.165, 1.54) is 0 Å². The monoisotopic (exact) mass is 215 g/mol. The molecule has 0 aromatic rings. The Morgan fingerprint density at radius 1 is 1.40 bits per heavy atom. The molecule has 0 rings (SSSR count). The highest BCUT2D eigenvalue weighted by Crippen LogP contribution is 1.93. The molecule has 0 aliphatic heterocycles. The van der Waals surface area contributed by atoms with Gasteiger partial charge in [-0.2, -0.15) is 0 Å². The summed E-state index contributed by atoms with van der Waals surface area (Å²) in [5.74, 6) is 0.0871. The van der Waals surface area contributed by atoms with Crippen LogP contribution in [0.3, 0.4) is 0 Å².